The van der Waals surface area contributed by atoms with Crippen molar-refractivity contribution in [3.63, 3.8) is 0 Å². The van der Waals surface area contributed by atoms with Crippen LogP contribution in [0.3, 0.4) is 0 Å². The molecule has 1 saturated heterocycles. The molecule has 1 aliphatic heterocycles. The van der Waals surface area contributed by atoms with Crippen LogP contribution < -0.4 is 10.6 Å². The number of amides is 3. The minimum absolute atomic E-state index is 0.0205. The van der Waals surface area contributed by atoms with Gasteiger partial charge in [-0.3, -0.25) is 18.7 Å². The first-order valence-electron chi connectivity index (χ1n) is 15.1. The van der Waals surface area contributed by atoms with Crippen molar-refractivity contribution in [1.29, 1.82) is 0 Å². The van der Waals surface area contributed by atoms with Gasteiger partial charge in [0.1, 0.15) is 6.04 Å². The van der Waals surface area contributed by atoms with E-state index in [1.165, 1.54) is 12.8 Å². The zero-order valence-electron chi connectivity index (χ0n) is 28.3. The lowest BCUT2D eigenvalue weighted by molar-refractivity contribution is -0.141. The number of carbonyl (C=O) groups is 4. The van der Waals surface area contributed by atoms with Crippen LogP contribution in [0, 0.1) is 11.3 Å². The first-order valence-corrected chi connectivity index (χ1v) is 16.3. The number of likely N-dealkylation sites (N-methyl/N-ethyl adjacent to an activating group) is 1. The highest BCUT2D eigenvalue weighted by Gasteiger charge is 2.25. The van der Waals surface area contributed by atoms with Gasteiger partial charge in [-0.1, -0.05) is 85.4 Å². The highest BCUT2D eigenvalue weighted by atomic mass is 32.2. The molecular formula is C31H62N4O6S. The Hall–Kier alpha value is -2.11. The number of likely N-dealkylation sites (tertiary alicyclic amines) is 1. The maximum atomic E-state index is 11.3. The van der Waals surface area contributed by atoms with Crippen LogP contribution in [0.1, 0.15) is 93.9 Å². The third kappa shape index (κ3) is 22.5. The molecule has 0 radical (unpaired) electrons. The molecule has 4 atom stereocenters. The van der Waals surface area contributed by atoms with E-state index in [1.807, 2.05) is 37.8 Å². The Morgan fingerprint density at radius 1 is 1.19 bits per heavy atom. The molecule has 3 N–H and O–H groups in total. The Bertz CT molecular complexity index is 733. The summed E-state index contributed by atoms with van der Waals surface area (Å²) in [7, 11) is 3.87. The molecule has 0 spiro atoms. The van der Waals surface area contributed by atoms with Crippen LogP contribution in [0.5, 0.6) is 0 Å². The number of unbranched alkanes of at least 4 members (excludes halogenated alkanes) is 3. The van der Waals surface area contributed by atoms with E-state index in [-0.39, 0.29) is 23.8 Å². The fourth-order valence-electron chi connectivity index (χ4n) is 4.00. The van der Waals surface area contributed by atoms with Crippen molar-refractivity contribution >= 4 is 36.6 Å². The number of nitrogens with zero attached hydrogens (tertiary/aromatic N) is 2. The molecule has 0 aliphatic carbocycles. The molecule has 0 aromatic rings. The van der Waals surface area contributed by atoms with Gasteiger partial charge in [0.15, 0.2) is 0 Å². The number of methoxy groups -OCH3 is 1. The van der Waals surface area contributed by atoms with E-state index in [0.29, 0.717) is 25.0 Å². The fraction of sp³-hybridized carbons (Fsp3) is 0.806. The van der Waals surface area contributed by atoms with E-state index < -0.39 is 12.0 Å². The highest BCUT2D eigenvalue weighted by Crippen LogP contribution is 2.23. The predicted octanol–water partition coefficient (Wildman–Crippen LogP) is 4.99. The molecule has 11 heteroatoms. The van der Waals surface area contributed by atoms with Gasteiger partial charge in [0.05, 0.1) is 12.6 Å². The van der Waals surface area contributed by atoms with Crippen molar-refractivity contribution in [2.45, 2.75) is 112 Å². The largest absolute Gasteiger partial charge is 0.480 e. The van der Waals surface area contributed by atoms with Gasteiger partial charge in [-0.2, -0.15) is 0 Å². The SMILES string of the molecule is CC.CCCCC/C=C\C(C)C(NC=O)C(=O)O.COC(CN(C)SC)C(C)(C)C.C[C@@H]1CCCN1C(=O)CNC=O. The molecule has 0 aromatic carbocycles. The van der Waals surface area contributed by atoms with Crippen LogP contribution in [-0.2, 0) is 23.9 Å². The molecule has 1 fully saturated rings. The Morgan fingerprint density at radius 3 is 2.21 bits per heavy atom. The summed E-state index contributed by atoms with van der Waals surface area (Å²) in [5.41, 5.74) is 0.221. The Kier molecular flexibility index (Phi) is 29.2. The maximum Gasteiger partial charge on any atom is 0.326 e. The summed E-state index contributed by atoms with van der Waals surface area (Å²) in [5, 5.41) is 13.5. The average molecular weight is 619 g/mol. The third-order valence-electron chi connectivity index (χ3n) is 6.65. The monoisotopic (exact) mass is 618 g/mol. The first-order chi connectivity index (χ1) is 19.8. The molecule has 1 heterocycles. The molecule has 10 nitrogen and oxygen atoms in total. The van der Waals surface area contributed by atoms with Crippen LogP contribution in [0.2, 0.25) is 0 Å². The number of carboxylic acid groups (broad SMARTS) is 1. The molecule has 3 amide bonds. The average Bonchev–Trinajstić information content (AvgIpc) is 3.39. The molecule has 0 aromatic heterocycles. The van der Waals surface area contributed by atoms with E-state index in [4.69, 9.17) is 9.84 Å². The molecular weight excluding hydrogens is 556 g/mol. The summed E-state index contributed by atoms with van der Waals surface area (Å²) in [6.45, 7) is 18.5. The second-order valence-electron chi connectivity index (χ2n) is 11.0. The Balaban J connectivity index is -0.000000534. The quantitative estimate of drug-likeness (QED) is 0.0956. The van der Waals surface area contributed by atoms with Gasteiger partial charge in [0.2, 0.25) is 18.7 Å². The van der Waals surface area contributed by atoms with Crippen molar-refractivity contribution in [2.24, 2.45) is 11.3 Å². The molecule has 248 valence electrons. The summed E-state index contributed by atoms with van der Waals surface area (Å²) in [5.74, 6) is -1.17. The topological polar surface area (TPSA) is 128 Å². The minimum atomic E-state index is -1.00. The molecule has 0 bridgehead atoms. The van der Waals surface area contributed by atoms with Crippen LogP contribution in [-0.4, -0.2) is 97.2 Å². The van der Waals surface area contributed by atoms with E-state index in [0.717, 1.165) is 38.8 Å². The summed E-state index contributed by atoms with van der Waals surface area (Å²) in [4.78, 5) is 44.1. The van der Waals surface area contributed by atoms with E-state index in [1.54, 1.807) is 26.0 Å². The summed E-state index contributed by atoms with van der Waals surface area (Å²) < 4.78 is 7.63. The van der Waals surface area contributed by atoms with Crippen molar-refractivity contribution in [3.05, 3.63) is 12.2 Å². The fourth-order valence-corrected chi connectivity index (χ4v) is 4.28. The Labute approximate surface area is 260 Å². The third-order valence-corrected chi connectivity index (χ3v) is 7.42. The van der Waals surface area contributed by atoms with Crippen molar-refractivity contribution in [2.75, 3.05) is 40.0 Å². The van der Waals surface area contributed by atoms with Crippen LogP contribution in [0.25, 0.3) is 0 Å². The number of hydrogen-bond acceptors (Lipinski definition) is 7. The summed E-state index contributed by atoms with van der Waals surface area (Å²) in [6.07, 6.45) is 13.8. The molecule has 1 aliphatic rings. The summed E-state index contributed by atoms with van der Waals surface area (Å²) >= 11 is 1.74. The number of ether oxygens (including phenoxy) is 1. The first kappa shape index (κ1) is 44.3. The normalized spacial score (nSPS) is 16.5. The van der Waals surface area contributed by atoms with Crippen molar-refractivity contribution in [1.82, 2.24) is 19.8 Å². The molecule has 0 saturated carbocycles. The smallest absolute Gasteiger partial charge is 0.326 e. The lowest BCUT2D eigenvalue weighted by atomic mass is 9.89. The number of allylic oxidation sites excluding steroid dienone is 1. The van der Waals surface area contributed by atoms with Crippen LogP contribution in [0.4, 0.5) is 0 Å². The van der Waals surface area contributed by atoms with Crippen LogP contribution in [0.15, 0.2) is 12.2 Å². The lowest BCUT2D eigenvalue weighted by Crippen LogP contribution is -2.40. The Morgan fingerprint density at radius 2 is 1.81 bits per heavy atom. The standard InChI is InChI=1S/C12H21NO3.C9H21NOS.C8H14N2O2.C2H6/c1-3-4-5-6-7-8-10(2)11(12(15)16)13-9-14;1-9(2,3)8(11-5)7-10(4)12-6;1-7-3-2-4-10(7)8(12)5-9-6-11;1-2/h7-11H,3-6H2,1-2H3,(H,13,14)(H,15,16);8H,7H2,1-6H3;6-7H,2-5H2,1H3,(H,9,11);1-2H3/b8-7-;;;/t;;7-;/m..1./s1. The van der Waals surface area contributed by atoms with Gasteiger partial charge >= 0.3 is 5.97 Å². The predicted molar refractivity (Wildman–Crippen MR) is 175 cm³/mol. The van der Waals surface area contributed by atoms with Gasteiger partial charge in [0.25, 0.3) is 0 Å². The van der Waals surface area contributed by atoms with E-state index in [2.05, 4.69) is 55.9 Å². The number of carbonyl (C=O) groups excluding carboxylic acids is 3. The van der Waals surface area contributed by atoms with E-state index >= 15 is 0 Å². The minimum Gasteiger partial charge on any atom is -0.480 e. The second-order valence-corrected chi connectivity index (χ2v) is 12.0. The summed E-state index contributed by atoms with van der Waals surface area (Å²) in [6, 6.07) is -0.495. The number of hydrogen-bond donors (Lipinski definition) is 3. The number of carboxylic acids is 1. The second kappa shape index (κ2) is 27.7. The van der Waals surface area contributed by atoms with Gasteiger partial charge in [0, 0.05) is 32.2 Å². The number of rotatable bonds is 16. The van der Waals surface area contributed by atoms with Crippen LogP contribution >= 0.6 is 11.9 Å². The molecule has 1 rings (SSSR count). The molecule has 42 heavy (non-hydrogen) atoms. The van der Waals surface area contributed by atoms with Gasteiger partial charge in [-0.25, -0.2) is 4.79 Å². The highest BCUT2D eigenvalue weighted by molar-refractivity contribution is 7.96. The zero-order valence-corrected chi connectivity index (χ0v) is 29.1. The van der Waals surface area contributed by atoms with E-state index in [9.17, 15) is 19.2 Å². The zero-order chi connectivity index (χ0) is 33.1. The van der Waals surface area contributed by atoms with Crippen molar-refractivity contribution in [3.8, 4) is 0 Å². The van der Waals surface area contributed by atoms with Gasteiger partial charge in [-0.15, -0.1) is 0 Å². The molecule has 3 unspecified atom stereocenters. The van der Waals surface area contributed by atoms with Gasteiger partial charge < -0.3 is 25.4 Å². The number of aliphatic carboxylic acids is 1. The van der Waals surface area contributed by atoms with Gasteiger partial charge in [-0.05, 0) is 51.3 Å². The van der Waals surface area contributed by atoms with Crippen molar-refractivity contribution < 1.29 is 29.0 Å². The number of nitrogens with one attached hydrogen (secondary N) is 2. The maximum absolute atomic E-state index is 11.3. The lowest BCUT2D eigenvalue weighted by Gasteiger charge is -2.31.